The van der Waals surface area contributed by atoms with Crippen LogP contribution < -0.4 is 9.24 Å². The maximum Gasteiger partial charge on any atom is 0.259 e. The Balaban J connectivity index is 2.27. The van der Waals surface area contributed by atoms with Crippen LogP contribution in [-0.4, -0.2) is 17.9 Å². The van der Waals surface area contributed by atoms with Gasteiger partial charge in [-0.25, -0.2) is 4.98 Å². The van der Waals surface area contributed by atoms with Crippen molar-refractivity contribution < 1.29 is 4.79 Å². The summed E-state index contributed by atoms with van der Waals surface area (Å²) in [6.45, 7) is 2.60. The zero-order valence-corrected chi connectivity index (χ0v) is 13.0. The van der Waals surface area contributed by atoms with Crippen molar-refractivity contribution in [1.82, 2.24) is 9.33 Å². The van der Waals surface area contributed by atoms with Gasteiger partial charge < -0.3 is 0 Å². The average molecular weight is 334 g/mol. The number of pyridine rings is 1. The van der Waals surface area contributed by atoms with Crippen LogP contribution in [0.2, 0.25) is 0 Å². The van der Waals surface area contributed by atoms with E-state index in [1.807, 2.05) is 43.3 Å². The number of nitrogens with zero attached hydrogens (tertiary/aromatic N) is 2. The minimum atomic E-state index is -0.0560. The minimum Gasteiger partial charge on any atom is -0.296 e. The summed E-state index contributed by atoms with van der Waals surface area (Å²) in [5, 5.41) is 0. The lowest BCUT2D eigenvalue weighted by Crippen LogP contribution is -2.27. The molecule has 4 nitrogen and oxygen atoms in total. The van der Waals surface area contributed by atoms with Crippen LogP contribution in [0.25, 0.3) is 0 Å². The lowest BCUT2D eigenvalue weighted by molar-refractivity contribution is 0.0991. The molecule has 1 aromatic heterocycles. The Kier molecular flexibility index (Phi) is 4.87. The minimum absolute atomic E-state index is 0.0560. The first-order valence-electron chi connectivity index (χ1n) is 6.25. The molecule has 0 aliphatic carbocycles. The fraction of sp³-hybridized carbons (Fsp3) is 0.200. The maximum absolute atomic E-state index is 12.5. The van der Waals surface area contributed by atoms with Crippen LogP contribution in [0.4, 0.5) is 5.82 Å². The van der Waals surface area contributed by atoms with Crippen molar-refractivity contribution in [2.75, 3.05) is 11.9 Å². The van der Waals surface area contributed by atoms with Gasteiger partial charge >= 0.3 is 0 Å². The molecule has 2 rings (SSSR count). The lowest BCUT2D eigenvalue weighted by Gasteiger charge is -2.18. The number of hydrogen-bond donors (Lipinski definition) is 1. The third-order valence-electron chi connectivity index (χ3n) is 3.10. The van der Waals surface area contributed by atoms with E-state index in [1.165, 1.54) is 0 Å². The first-order chi connectivity index (χ1) is 9.63. The summed E-state index contributed by atoms with van der Waals surface area (Å²) in [4.78, 5) is 18.3. The predicted molar refractivity (Wildman–Crippen MR) is 83.9 cm³/mol. The van der Waals surface area contributed by atoms with Crippen LogP contribution in [0.5, 0.6) is 0 Å². The summed E-state index contributed by atoms with van der Waals surface area (Å²) in [5.41, 5.74) is 2.71. The number of amides is 1. The third-order valence-corrected chi connectivity index (χ3v) is 3.38. The van der Waals surface area contributed by atoms with Gasteiger partial charge in [-0.15, -0.1) is 0 Å². The number of carbonyl (C=O) groups excluding carboxylic acids is 1. The van der Waals surface area contributed by atoms with E-state index in [9.17, 15) is 4.79 Å². The van der Waals surface area contributed by atoms with Crippen LogP contribution in [0, 0.1) is 6.92 Å². The monoisotopic (exact) mass is 333 g/mol. The van der Waals surface area contributed by atoms with Crippen molar-refractivity contribution in [2.45, 2.75) is 13.5 Å². The SMILES string of the molecule is Cc1ccccc1C(=O)N(C)c1cc(CNBr)ccn1. The summed E-state index contributed by atoms with van der Waals surface area (Å²) in [6.07, 6.45) is 1.70. The van der Waals surface area contributed by atoms with E-state index in [0.29, 0.717) is 17.9 Å². The Morgan fingerprint density at radius 3 is 2.80 bits per heavy atom. The number of nitrogens with one attached hydrogen (secondary N) is 1. The van der Waals surface area contributed by atoms with Gasteiger partial charge in [0.05, 0.1) is 0 Å². The first kappa shape index (κ1) is 14.7. The predicted octanol–water partition coefficient (Wildman–Crippen LogP) is 3.07. The Bertz CT molecular complexity index is 616. The van der Waals surface area contributed by atoms with E-state index < -0.39 is 0 Å². The normalized spacial score (nSPS) is 10.3. The largest absolute Gasteiger partial charge is 0.296 e. The molecule has 0 radical (unpaired) electrons. The molecule has 104 valence electrons. The second-order valence-electron chi connectivity index (χ2n) is 4.51. The summed E-state index contributed by atoms with van der Waals surface area (Å²) >= 11 is 3.17. The average Bonchev–Trinajstić information content (AvgIpc) is 2.47. The van der Waals surface area contributed by atoms with E-state index >= 15 is 0 Å². The van der Waals surface area contributed by atoms with Gasteiger partial charge in [0, 0.05) is 41.5 Å². The molecule has 0 saturated heterocycles. The van der Waals surface area contributed by atoms with Crippen molar-refractivity contribution in [1.29, 1.82) is 0 Å². The Morgan fingerprint density at radius 1 is 1.35 bits per heavy atom. The number of rotatable bonds is 4. The van der Waals surface area contributed by atoms with Gasteiger partial charge in [-0.05, 0) is 36.2 Å². The molecule has 0 atom stereocenters. The Morgan fingerprint density at radius 2 is 2.10 bits per heavy atom. The van der Waals surface area contributed by atoms with Gasteiger partial charge in [0.15, 0.2) is 0 Å². The summed E-state index contributed by atoms with van der Waals surface area (Å²) in [5.74, 6) is 0.582. The summed E-state index contributed by atoms with van der Waals surface area (Å²) < 4.78 is 2.90. The highest BCUT2D eigenvalue weighted by molar-refractivity contribution is 9.08. The fourth-order valence-electron chi connectivity index (χ4n) is 1.93. The number of hydrogen-bond acceptors (Lipinski definition) is 3. The van der Waals surface area contributed by atoms with E-state index in [1.54, 1.807) is 18.1 Å². The molecule has 0 aliphatic heterocycles. The van der Waals surface area contributed by atoms with Gasteiger partial charge in [0.1, 0.15) is 5.82 Å². The summed E-state index contributed by atoms with van der Waals surface area (Å²) in [6, 6.07) is 11.4. The Labute approximate surface area is 127 Å². The summed E-state index contributed by atoms with van der Waals surface area (Å²) in [7, 11) is 1.74. The van der Waals surface area contributed by atoms with E-state index in [4.69, 9.17) is 0 Å². The van der Waals surface area contributed by atoms with E-state index in [0.717, 1.165) is 11.1 Å². The van der Waals surface area contributed by atoms with Gasteiger partial charge in [0.2, 0.25) is 0 Å². The molecule has 0 spiro atoms. The fourth-order valence-corrected chi connectivity index (χ4v) is 2.25. The third kappa shape index (κ3) is 3.23. The van der Waals surface area contributed by atoms with Crippen molar-refractivity contribution in [3.05, 3.63) is 59.3 Å². The zero-order chi connectivity index (χ0) is 14.5. The number of carbonyl (C=O) groups is 1. The molecular weight excluding hydrogens is 318 g/mol. The number of halogens is 1. The molecule has 0 fully saturated rings. The standard InChI is InChI=1S/C15H16BrN3O/c1-11-5-3-4-6-13(11)15(20)19(2)14-9-12(10-18-16)7-8-17-14/h3-9,18H,10H2,1-2H3. The molecule has 1 aromatic carbocycles. The molecule has 0 saturated carbocycles. The van der Waals surface area contributed by atoms with E-state index in [-0.39, 0.29) is 5.91 Å². The van der Waals surface area contributed by atoms with Crippen LogP contribution in [0.1, 0.15) is 21.5 Å². The van der Waals surface area contributed by atoms with Crippen molar-refractivity contribution in [3.8, 4) is 0 Å². The van der Waals surface area contributed by atoms with Gasteiger partial charge in [0.25, 0.3) is 5.91 Å². The highest BCUT2D eigenvalue weighted by Gasteiger charge is 2.16. The molecule has 5 heteroatoms. The molecule has 1 N–H and O–H groups in total. The molecule has 20 heavy (non-hydrogen) atoms. The topological polar surface area (TPSA) is 45.2 Å². The van der Waals surface area contributed by atoms with Gasteiger partial charge in [-0.3, -0.25) is 14.0 Å². The molecule has 0 unspecified atom stereocenters. The van der Waals surface area contributed by atoms with Crippen molar-refractivity contribution >= 4 is 27.9 Å². The van der Waals surface area contributed by atoms with Crippen LogP contribution in [-0.2, 0) is 6.54 Å². The molecule has 1 amide bonds. The van der Waals surface area contributed by atoms with Crippen LogP contribution in [0.15, 0.2) is 42.6 Å². The number of aryl methyl sites for hydroxylation is 1. The zero-order valence-electron chi connectivity index (χ0n) is 11.4. The molecular formula is C15H16BrN3O. The van der Waals surface area contributed by atoms with Gasteiger partial charge in [-0.1, -0.05) is 18.2 Å². The number of aromatic nitrogens is 1. The lowest BCUT2D eigenvalue weighted by atomic mass is 10.1. The van der Waals surface area contributed by atoms with Crippen molar-refractivity contribution in [2.24, 2.45) is 0 Å². The first-order valence-corrected chi connectivity index (χ1v) is 7.05. The molecule has 0 aliphatic rings. The quantitative estimate of drug-likeness (QED) is 0.874. The Hall–Kier alpha value is -1.72. The second-order valence-corrected chi connectivity index (χ2v) is 5.07. The smallest absolute Gasteiger partial charge is 0.259 e. The molecule has 0 bridgehead atoms. The highest BCUT2D eigenvalue weighted by atomic mass is 79.9. The van der Waals surface area contributed by atoms with Crippen LogP contribution >= 0.6 is 16.1 Å². The molecule has 2 aromatic rings. The highest BCUT2D eigenvalue weighted by Crippen LogP contribution is 2.16. The van der Waals surface area contributed by atoms with Crippen molar-refractivity contribution in [3.63, 3.8) is 0 Å². The second kappa shape index (κ2) is 6.63. The van der Waals surface area contributed by atoms with Crippen LogP contribution in [0.3, 0.4) is 0 Å². The number of anilines is 1. The number of benzene rings is 1. The van der Waals surface area contributed by atoms with Gasteiger partial charge in [-0.2, -0.15) is 0 Å². The van der Waals surface area contributed by atoms with E-state index in [2.05, 4.69) is 25.5 Å². The molecule has 1 heterocycles. The maximum atomic E-state index is 12.5.